The van der Waals surface area contributed by atoms with E-state index >= 15 is 0 Å². The number of hydrogen-bond acceptors (Lipinski definition) is 4. The molecule has 2 aliphatic rings. The lowest BCUT2D eigenvalue weighted by atomic mass is 9.99. The van der Waals surface area contributed by atoms with E-state index in [0.717, 1.165) is 43.6 Å². The van der Waals surface area contributed by atoms with Gasteiger partial charge in [-0.05, 0) is 49.4 Å². The standard InChI is InChI=1S/C18H26N4O3/c1-2-7-20-8-5-14(12-20)11-19-18(23)21-9-6-15-3-4-17(22(24)25)10-16(15)13-21/h3-4,10,14H,2,5-9,11-13H2,1H3,(H,19,23). The summed E-state index contributed by atoms with van der Waals surface area (Å²) in [5.41, 5.74) is 2.06. The Morgan fingerprint density at radius 3 is 2.96 bits per heavy atom. The molecule has 0 aromatic heterocycles. The van der Waals surface area contributed by atoms with Crippen molar-refractivity contribution in [3.8, 4) is 0 Å². The quantitative estimate of drug-likeness (QED) is 0.656. The molecule has 2 heterocycles. The van der Waals surface area contributed by atoms with Crippen molar-refractivity contribution in [3.05, 3.63) is 39.4 Å². The Bertz CT molecular complexity index is 649. The second-order valence-electron chi connectivity index (χ2n) is 7.02. The van der Waals surface area contributed by atoms with E-state index in [1.807, 2.05) is 6.07 Å². The van der Waals surface area contributed by atoms with Crippen molar-refractivity contribution in [1.82, 2.24) is 15.1 Å². The van der Waals surface area contributed by atoms with Gasteiger partial charge in [0.05, 0.1) is 4.92 Å². The summed E-state index contributed by atoms with van der Waals surface area (Å²) in [4.78, 5) is 27.2. The molecule has 1 atom stereocenters. The third kappa shape index (κ3) is 4.28. The molecule has 136 valence electrons. The van der Waals surface area contributed by atoms with Gasteiger partial charge in [-0.1, -0.05) is 13.0 Å². The zero-order valence-corrected chi connectivity index (χ0v) is 14.7. The predicted molar refractivity (Wildman–Crippen MR) is 95.4 cm³/mol. The van der Waals surface area contributed by atoms with Crippen LogP contribution in [0.4, 0.5) is 10.5 Å². The normalized spacial score (nSPS) is 20.4. The van der Waals surface area contributed by atoms with Crippen LogP contribution in [0.1, 0.15) is 30.9 Å². The summed E-state index contributed by atoms with van der Waals surface area (Å²) in [7, 11) is 0. The van der Waals surface area contributed by atoms with E-state index in [-0.39, 0.29) is 16.6 Å². The molecule has 1 saturated heterocycles. The van der Waals surface area contributed by atoms with E-state index in [1.54, 1.807) is 11.0 Å². The molecule has 7 nitrogen and oxygen atoms in total. The number of carbonyl (C=O) groups excluding carboxylic acids is 1. The number of rotatable bonds is 5. The van der Waals surface area contributed by atoms with Gasteiger partial charge in [0.2, 0.25) is 0 Å². The van der Waals surface area contributed by atoms with Gasteiger partial charge in [0, 0.05) is 38.3 Å². The van der Waals surface area contributed by atoms with E-state index in [1.165, 1.54) is 12.5 Å². The van der Waals surface area contributed by atoms with Crippen LogP contribution < -0.4 is 5.32 Å². The van der Waals surface area contributed by atoms with Gasteiger partial charge in [-0.15, -0.1) is 0 Å². The summed E-state index contributed by atoms with van der Waals surface area (Å²) in [5.74, 6) is 0.522. The third-order valence-corrected chi connectivity index (χ3v) is 5.15. The Labute approximate surface area is 148 Å². The number of nitrogens with zero attached hydrogens (tertiary/aromatic N) is 3. The second-order valence-corrected chi connectivity index (χ2v) is 7.02. The maximum Gasteiger partial charge on any atom is 0.317 e. The van der Waals surface area contributed by atoms with Gasteiger partial charge in [0.25, 0.3) is 5.69 Å². The van der Waals surface area contributed by atoms with Crippen molar-refractivity contribution in [2.45, 2.75) is 32.7 Å². The van der Waals surface area contributed by atoms with Gasteiger partial charge in [-0.3, -0.25) is 10.1 Å². The van der Waals surface area contributed by atoms with Crippen LogP contribution in [0.3, 0.4) is 0 Å². The van der Waals surface area contributed by atoms with E-state index < -0.39 is 0 Å². The molecular formula is C18H26N4O3. The highest BCUT2D eigenvalue weighted by molar-refractivity contribution is 5.74. The fraction of sp³-hybridized carbons (Fsp3) is 0.611. The number of nitrogens with one attached hydrogen (secondary N) is 1. The minimum Gasteiger partial charge on any atom is -0.338 e. The molecule has 1 aromatic carbocycles. The molecule has 0 spiro atoms. The number of non-ortho nitro benzene ring substituents is 1. The minimum absolute atomic E-state index is 0.0638. The van der Waals surface area contributed by atoms with Crippen LogP contribution in [0.25, 0.3) is 0 Å². The number of carbonyl (C=O) groups is 1. The smallest absolute Gasteiger partial charge is 0.317 e. The number of nitro benzene ring substituents is 1. The van der Waals surface area contributed by atoms with Crippen molar-refractivity contribution >= 4 is 11.7 Å². The average Bonchev–Trinajstić information content (AvgIpc) is 3.06. The summed E-state index contributed by atoms with van der Waals surface area (Å²) in [6.45, 7) is 7.30. The lowest BCUT2D eigenvalue weighted by Crippen LogP contribution is -2.44. The highest BCUT2D eigenvalue weighted by Crippen LogP contribution is 2.24. The fourth-order valence-electron chi connectivity index (χ4n) is 3.77. The molecule has 2 amide bonds. The van der Waals surface area contributed by atoms with Crippen LogP contribution in [0.5, 0.6) is 0 Å². The number of urea groups is 1. The molecule has 0 aliphatic carbocycles. The van der Waals surface area contributed by atoms with Crippen molar-refractivity contribution in [2.24, 2.45) is 5.92 Å². The predicted octanol–water partition coefficient (Wildman–Crippen LogP) is 2.39. The number of fused-ring (bicyclic) bond motifs is 1. The lowest BCUT2D eigenvalue weighted by molar-refractivity contribution is -0.385. The van der Waals surface area contributed by atoms with Gasteiger partial charge in [-0.25, -0.2) is 4.79 Å². The fourth-order valence-corrected chi connectivity index (χ4v) is 3.77. The molecule has 1 aromatic rings. The Balaban J connectivity index is 1.52. The van der Waals surface area contributed by atoms with Crippen LogP contribution in [-0.2, 0) is 13.0 Å². The Kier molecular flexibility index (Phi) is 5.53. The summed E-state index contributed by atoms with van der Waals surface area (Å²) in [6, 6.07) is 4.88. The Hall–Kier alpha value is -2.15. The molecule has 0 saturated carbocycles. The monoisotopic (exact) mass is 346 g/mol. The minimum atomic E-state index is -0.387. The third-order valence-electron chi connectivity index (χ3n) is 5.15. The van der Waals surface area contributed by atoms with Crippen molar-refractivity contribution in [3.63, 3.8) is 0 Å². The molecule has 25 heavy (non-hydrogen) atoms. The highest BCUT2D eigenvalue weighted by Gasteiger charge is 2.25. The number of nitro groups is 1. The average molecular weight is 346 g/mol. The van der Waals surface area contributed by atoms with Crippen LogP contribution in [0.2, 0.25) is 0 Å². The van der Waals surface area contributed by atoms with Crippen LogP contribution in [-0.4, -0.2) is 53.5 Å². The molecular weight excluding hydrogens is 320 g/mol. The summed E-state index contributed by atoms with van der Waals surface area (Å²) < 4.78 is 0. The lowest BCUT2D eigenvalue weighted by Gasteiger charge is -2.29. The molecule has 7 heteroatoms. The van der Waals surface area contributed by atoms with Crippen LogP contribution in [0, 0.1) is 16.0 Å². The van der Waals surface area contributed by atoms with Crippen LogP contribution >= 0.6 is 0 Å². The number of amides is 2. The zero-order valence-electron chi connectivity index (χ0n) is 14.7. The summed E-state index contributed by atoms with van der Waals surface area (Å²) in [5, 5.41) is 14.0. The summed E-state index contributed by atoms with van der Waals surface area (Å²) >= 11 is 0. The first-order chi connectivity index (χ1) is 12.1. The first kappa shape index (κ1) is 17.7. The van der Waals surface area contributed by atoms with Crippen molar-refractivity contribution in [1.29, 1.82) is 0 Å². The van der Waals surface area contributed by atoms with E-state index in [2.05, 4.69) is 17.1 Å². The largest absolute Gasteiger partial charge is 0.338 e. The van der Waals surface area contributed by atoms with Crippen molar-refractivity contribution in [2.75, 3.05) is 32.7 Å². The van der Waals surface area contributed by atoms with Crippen molar-refractivity contribution < 1.29 is 9.72 Å². The topological polar surface area (TPSA) is 78.7 Å². The molecule has 1 N–H and O–H groups in total. The van der Waals surface area contributed by atoms with E-state index in [9.17, 15) is 14.9 Å². The van der Waals surface area contributed by atoms with Gasteiger partial charge in [-0.2, -0.15) is 0 Å². The Morgan fingerprint density at radius 1 is 1.36 bits per heavy atom. The first-order valence-corrected chi connectivity index (χ1v) is 9.08. The first-order valence-electron chi connectivity index (χ1n) is 9.08. The molecule has 0 radical (unpaired) electrons. The van der Waals surface area contributed by atoms with Gasteiger partial charge in [0.1, 0.15) is 0 Å². The number of benzene rings is 1. The maximum atomic E-state index is 12.5. The molecule has 1 fully saturated rings. The SMILES string of the molecule is CCCN1CCC(CNC(=O)N2CCc3ccc([N+](=O)[O-])cc3C2)C1. The zero-order chi connectivity index (χ0) is 17.8. The number of hydrogen-bond donors (Lipinski definition) is 1. The molecule has 1 unspecified atom stereocenters. The molecule has 3 rings (SSSR count). The van der Waals surface area contributed by atoms with Crippen LogP contribution in [0.15, 0.2) is 18.2 Å². The van der Waals surface area contributed by atoms with Gasteiger partial charge in [0.15, 0.2) is 0 Å². The summed E-state index contributed by atoms with van der Waals surface area (Å²) in [6.07, 6.45) is 3.04. The highest BCUT2D eigenvalue weighted by atomic mass is 16.6. The number of likely N-dealkylation sites (tertiary alicyclic amines) is 1. The molecule has 2 aliphatic heterocycles. The molecule has 0 bridgehead atoms. The second kappa shape index (κ2) is 7.82. The van der Waals surface area contributed by atoms with Gasteiger partial charge >= 0.3 is 6.03 Å². The maximum absolute atomic E-state index is 12.5. The van der Waals surface area contributed by atoms with Gasteiger partial charge < -0.3 is 15.1 Å². The Morgan fingerprint density at radius 2 is 2.20 bits per heavy atom. The van der Waals surface area contributed by atoms with E-state index in [0.29, 0.717) is 25.6 Å². The van der Waals surface area contributed by atoms with E-state index in [4.69, 9.17) is 0 Å².